The van der Waals surface area contributed by atoms with Gasteiger partial charge in [-0.2, -0.15) is 0 Å². The van der Waals surface area contributed by atoms with E-state index in [0.717, 1.165) is 22.1 Å². The first-order valence-electron chi connectivity index (χ1n) is 11.4. The van der Waals surface area contributed by atoms with Crippen molar-refractivity contribution in [2.75, 3.05) is 13.7 Å². The van der Waals surface area contributed by atoms with Crippen molar-refractivity contribution in [2.24, 2.45) is 0 Å². The number of pyridine rings is 2. The minimum absolute atomic E-state index is 0.0110. The topological polar surface area (TPSA) is 114 Å². The first-order chi connectivity index (χ1) is 17.5. The van der Waals surface area contributed by atoms with Gasteiger partial charge in [0, 0.05) is 35.5 Å². The molecule has 4 heterocycles. The maximum Gasteiger partial charge on any atom is 0.322 e. The zero-order valence-electron chi connectivity index (χ0n) is 19.3. The highest BCUT2D eigenvalue weighted by Gasteiger charge is 2.50. The van der Waals surface area contributed by atoms with Crippen LogP contribution in [0.5, 0.6) is 5.75 Å². The summed E-state index contributed by atoms with van der Waals surface area (Å²) in [6.07, 6.45) is 3.45. The molecule has 0 saturated carbocycles. The summed E-state index contributed by atoms with van der Waals surface area (Å²) < 4.78 is 5.25. The van der Waals surface area contributed by atoms with Crippen LogP contribution in [0, 0.1) is 0 Å². The van der Waals surface area contributed by atoms with Crippen LogP contribution in [0.25, 0.3) is 22.2 Å². The molecule has 1 fully saturated rings. The zero-order valence-corrected chi connectivity index (χ0v) is 19.3. The van der Waals surface area contributed by atoms with Crippen molar-refractivity contribution >= 4 is 28.9 Å². The number of amides is 4. The molecule has 2 aromatic carbocycles. The lowest BCUT2D eigenvalue weighted by Crippen LogP contribution is -2.52. The minimum atomic E-state index is -1.41. The zero-order chi connectivity index (χ0) is 24.9. The number of urea groups is 1. The second kappa shape index (κ2) is 8.16. The number of hydrogen-bond acceptors (Lipinski definition) is 6. The predicted octanol–water partition coefficient (Wildman–Crippen LogP) is 3.00. The number of nitrogens with zero attached hydrogens (tertiary/aromatic N) is 3. The van der Waals surface area contributed by atoms with Gasteiger partial charge in [0.25, 0.3) is 11.8 Å². The van der Waals surface area contributed by atoms with Crippen molar-refractivity contribution < 1.29 is 19.1 Å². The number of aromatic nitrogens is 2. The van der Waals surface area contributed by atoms with E-state index in [2.05, 4.69) is 20.6 Å². The summed E-state index contributed by atoms with van der Waals surface area (Å²) in [5.41, 5.74) is 2.99. The number of hydrogen-bond donors (Lipinski definition) is 2. The average molecular weight is 479 g/mol. The Balaban J connectivity index is 1.33. The van der Waals surface area contributed by atoms with Crippen LogP contribution in [0.3, 0.4) is 0 Å². The summed E-state index contributed by atoms with van der Waals surface area (Å²) in [6, 6.07) is 17.9. The van der Waals surface area contributed by atoms with E-state index >= 15 is 0 Å². The number of fused-ring (bicyclic) bond motifs is 2. The Kier molecular flexibility index (Phi) is 4.92. The highest BCUT2D eigenvalue weighted by molar-refractivity contribution is 6.08. The second-order valence-electron chi connectivity index (χ2n) is 8.85. The van der Waals surface area contributed by atoms with Gasteiger partial charge >= 0.3 is 6.03 Å². The number of ether oxygens (including phenoxy) is 1. The molecule has 0 bridgehead atoms. The van der Waals surface area contributed by atoms with Gasteiger partial charge in [-0.25, -0.2) is 14.8 Å². The van der Waals surface area contributed by atoms with Crippen molar-refractivity contribution in [3.05, 3.63) is 89.7 Å². The molecule has 6 rings (SSSR count). The third-order valence-corrected chi connectivity index (χ3v) is 6.73. The summed E-state index contributed by atoms with van der Waals surface area (Å²) in [6.45, 7) is 0.320. The Bertz CT molecular complexity index is 1550. The van der Waals surface area contributed by atoms with Crippen molar-refractivity contribution in [1.29, 1.82) is 0 Å². The molecule has 4 amide bonds. The molecule has 178 valence electrons. The fraction of sp³-hybridized carbons (Fsp3) is 0.148. The second-order valence-corrected chi connectivity index (χ2v) is 8.85. The van der Waals surface area contributed by atoms with Crippen molar-refractivity contribution in [3.63, 3.8) is 0 Å². The van der Waals surface area contributed by atoms with Gasteiger partial charge < -0.3 is 15.0 Å². The van der Waals surface area contributed by atoms with E-state index in [1.54, 1.807) is 48.7 Å². The van der Waals surface area contributed by atoms with E-state index in [-0.39, 0.29) is 12.5 Å². The van der Waals surface area contributed by atoms with Crippen molar-refractivity contribution in [3.8, 4) is 16.9 Å². The SMILES string of the molecule is COc1ccc2c(c1)C(=O)N(C[C@]1(c3ccc(-c4cnc5ncccc5c4)cc3)NC(=O)NC1=O)C2. The molecule has 1 atom stereocenters. The summed E-state index contributed by atoms with van der Waals surface area (Å²) in [4.78, 5) is 48.8. The number of carbonyl (C=O) groups excluding carboxylic acids is 3. The number of benzene rings is 2. The van der Waals surface area contributed by atoms with Gasteiger partial charge in [-0.3, -0.25) is 14.9 Å². The molecular formula is C27H21N5O4. The lowest BCUT2D eigenvalue weighted by Gasteiger charge is -2.31. The van der Waals surface area contributed by atoms with Gasteiger partial charge in [-0.05, 0) is 47.0 Å². The number of methoxy groups -OCH3 is 1. The fourth-order valence-electron chi connectivity index (χ4n) is 4.85. The molecule has 9 nitrogen and oxygen atoms in total. The molecule has 0 radical (unpaired) electrons. The van der Waals surface area contributed by atoms with E-state index in [1.165, 1.54) is 0 Å². The first-order valence-corrected chi connectivity index (χ1v) is 11.4. The molecule has 0 spiro atoms. The molecular weight excluding hydrogens is 458 g/mol. The highest BCUT2D eigenvalue weighted by Crippen LogP contribution is 2.33. The van der Waals surface area contributed by atoms with Crippen LogP contribution in [0.2, 0.25) is 0 Å². The quantitative estimate of drug-likeness (QED) is 0.426. The van der Waals surface area contributed by atoms with E-state index in [1.807, 2.05) is 36.4 Å². The molecule has 2 aromatic heterocycles. The summed E-state index contributed by atoms with van der Waals surface area (Å²) in [5.74, 6) is -0.134. The number of carbonyl (C=O) groups is 3. The maximum absolute atomic E-state index is 13.2. The van der Waals surface area contributed by atoms with Crippen LogP contribution in [0.15, 0.2) is 73.1 Å². The lowest BCUT2D eigenvalue weighted by molar-refractivity contribution is -0.124. The van der Waals surface area contributed by atoms with Crippen LogP contribution >= 0.6 is 0 Å². The van der Waals surface area contributed by atoms with Gasteiger partial charge in [-0.1, -0.05) is 30.3 Å². The van der Waals surface area contributed by atoms with Gasteiger partial charge in [0.1, 0.15) is 5.75 Å². The molecule has 2 aliphatic heterocycles. The van der Waals surface area contributed by atoms with Crippen LogP contribution in [0.4, 0.5) is 4.79 Å². The Morgan fingerprint density at radius 3 is 2.58 bits per heavy atom. The van der Waals surface area contributed by atoms with E-state index in [0.29, 0.717) is 29.1 Å². The lowest BCUT2D eigenvalue weighted by atomic mass is 9.88. The van der Waals surface area contributed by atoms with Crippen molar-refractivity contribution in [2.45, 2.75) is 12.1 Å². The monoisotopic (exact) mass is 479 g/mol. The molecule has 36 heavy (non-hydrogen) atoms. The van der Waals surface area contributed by atoms with Gasteiger partial charge in [0.2, 0.25) is 0 Å². The Hall–Kier alpha value is -4.79. The van der Waals surface area contributed by atoms with Gasteiger partial charge in [0.05, 0.1) is 13.7 Å². The molecule has 2 N–H and O–H groups in total. The molecule has 9 heteroatoms. The van der Waals surface area contributed by atoms with Gasteiger partial charge in [-0.15, -0.1) is 0 Å². The van der Waals surface area contributed by atoms with Crippen LogP contribution < -0.4 is 15.4 Å². The highest BCUT2D eigenvalue weighted by atomic mass is 16.5. The largest absolute Gasteiger partial charge is 0.497 e. The normalized spacial score (nSPS) is 18.8. The smallest absolute Gasteiger partial charge is 0.322 e. The molecule has 2 aliphatic rings. The minimum Gasteiger partial charge on any atom is -0.497 e. The maximum atomic E-state index is 13.2. The molecule has 1 saturated heterocycles. The van der Waals surface area contributed by atoms with Gasteiger partial charge in [0.15, 0.2) is 11.2 Å². The van der Waals surface area contributed by atoms with E-state index in [4.69, 9.17) is 4.74 Å². The summed E-state index contributed by atoms with van der Waals surface area (Å²) >= 11 is 0. The Morgan fingerprint density at radius 2 is 1.83 bits per heavy atom. The van der Waals surface area contributed by atoms with Crippen LogP contribution in [0.1, 0.15) is 21.5 Å². The third kappa shape index (κ3) is 3.44. The first kappa shape index (κ1) is 21.7. The number of nitrogens with one attached hydrogen (secondary N) is 2. The number of imide groups is 1. The number of rotatable bonds is 5. The molecule has 0 aliphatic carbocycles. The third-order valence-electron chi connectivity index (χ3n) is 6.73. The summed E-state index contributed by atoms with van der Waals surface area (Å²) in [7, 11) is 1.54. The van der Waals surface area contributed by atoms with E-state index < -0.39 is 17.5 Å². The Morgan fingerprint density at radius 1 is 1.00 bits per heavy atom. The summed E-state index contributed by atoms with van der Waals surface area (Å²) in [5, 5.41) is 6.03. The fourth-order valence-corrected chi connectivity index (χ4v) is 4.85. The van der Waals surface area contributed by atoms with Crippen LogP contribution in [-0.4, -0.2) is 46.4 Å². The standard InChI is InChI=1S/C27H21N5O4/c1-36-21-9-6-18-14-32(24(33)22(18)12-21)15-27(25(34)30-26(35)31-27)20-7-4-16(5-8-20)19-11-17-3-2-10-28-23(17)29-13-19/h2-13H,14-15H2,1H3,(H2,30,31,34,35)/t27-/m1/s1. The van der Waals surface area contributed by atoms with E-state index in [9.17, 15) is 14.4 Å². The molecule has 4 aromatic rings. The average Bonchev–Trinajstić information content (AvgIpc) is 3.38. The predicted molar refractivity (Wildman–Crippen MR) is 131 cm³/mol. The Labute approximate surface area is 206 Å². The molecule has 0 unspecified atom stereocenters. The van der Waals surface area contributed by atoms with Crippen molar-refractivity contribution in [1.82, 2.24) is 25.5 Å². The van der Waals surface area contributed by atoms with Crippen LogP contribution in [-0.2, 0) is 16.9 Å².